The number of aliphatic hydroxyl groups is 1. The third-order valence-electron chi connectivity index (χ3n) is 5.73. The molecule has 0 radical (unpaired) electrons. The number of Topliss-reactive ketones (excluding diaryl/α,β-unsaturated/α-hetero) is 1. The zero-order chi connectivity index (χ0) is 25.9. The molecule has 0 saturated carbocycles. The summed E-state index contributed by atoms with van der Waals surface area (Å²) in [6, 6.07) is 9.04. The lowest BCUT2D eigenvalue weighted by Gasteiger charge is -2.19. The van der Waals surface area contributed by atoms with Gasteiger partial charge < -0.3 is 10.5 Å². The number of carbonyl (C=O) groups is 1. The molecular weight excluding hydrogens is 477 g/mol. The highest BCUT2D eigenvalue weighted by Gasteiger charge is 2.31. The van der Waals surface area contributed by atoms with Gasteiger partial charge in [-0.2, -0.15) is 13.2 Å². The third-order valence-corrected chi connectivity index (χ3v) is 6.07. The van der Waals surface area contributed by atoms with E-state index < -0.39 is 17.8 Å². The number of aliphatic imine (C=N–C) groups is 1. The van der Waals surface area contributed by atoms with Crippen molar-refractivity contribution in [3.8, 4) is 0 Å². The number of aryl methyl sites for hydroxylation is 1. The van der Waals surface area contributed by atoms with Crippen molar-refractivity contribution in [2.24, 2.45) is 4.99 Å². The van der Waals surface area contributed by atoms with E-state index in [0.717, 1.165) is 17.7 Å². The van der Waals surface area contributed by atoms with E-state index in [2.05, 4.69) is 17.3 Å². The zero-order valence-electron chi connectivity index (χ0n) is 19.3. The molecule has 2 aromatic rings. The van der Waals surface area contributed by atoms with Crippen LogP contribution in [0, 0.1) is 5.41 Å². The van der Waals surface area contributed by atoms with Crippen LogP contribution in [0.4, 0.5) is 13.2 Å². The molecule has 0 bridgehead atoms. The first-order chi connectivity index (χ1) is 16.4. The van der Waals surface area contributed by atoms with Crippen molar-refractivity contribution in [3.05, 3.63) is 93.2 Å². The Morgan fingerprint density at radius 3 is 2.49 bits per heavy atom. The molecule has 8 heteroatoms. The number of carbonyl (C=O) groups excluding carboxylic acids is 1. The molecule has 3 rings (SSSR count). The van der Waals surface area contributed by atoms with Crippen molar-refractivity contribution >= 4 is 34.6 Å². The van der Waals surface area contributed by atoms with Crippen LogP contribution in [0.25, 0.3) is 5.57 Å². The summed E-state index contributed by atoms with van der Waals surface area (Å²) in [4.78, 5) is 16.1. The predicted molar refractivity (Wildman–Crippen MR) is 132 cm³/mol. The fourth-order valence-electron chi connectivity index (χ4n) is 3.68. The molecule has 1 atom stereocenters. The van der Waals surface area contributed by atoms with Crippen molar-refractivity contribution < 1.29 is 23.1 Å². The summed E-state index contributed by atoms with van der Waals surface area (Å²) in [6.45, 7) is 7.41. The summed E-state index contributed by atoms with van der Waals surface area (Å²) < 4.78 is 39.1. The van der Waals surface area contributed by atoms with E-state index >= 15 is 0 Å². The first-order valence-electron chi connectivity index (χ1n) is 10.9. The van der Waals surface area contributed by atoms with E-state index in [1.165, 1.54) is 12.1 Å². The molecule has 182 valence electrons. The topological polar surface area (TPSA) is 73.5 Å². The summed E-state index contributed by atoms with van der Waals surface area (Å²) in [5.74, 6) is -0.492. The highest BCUT2D eigenvalue weighted by molar-refractivity contribution is 6.38. The maximum atomic E-state index is 13.0. The lowest BCUT2D eigenvalue weighted by molar-refractivity contribution is -0.137. The zero-order valence-corrected chi connectivity index (χ0v) is 20.0. The molecule has 0 saturated heterocycles. The van der Waals surface area contributed by atoms with E-state index in [1.807, 2.05) is 0 Å². The second kappa shape index (κ2) is 10.5. The normalized spacial score (nSPS) is 16.2. The van der Waals surface area contributed by atoms with E-state index in [-0.39, 0.29) is 30.2 Å². The predicted octanol–water partition coefficient (Wildman–Crippen LogP) is 7.49. The summed E-state index contributed by atoms with van der Waals surface area (Å²) in [5.41, 5.74) is 5.19. The Morgan fingerprint density at radius 1 is 1.23 bits per heavy atom. The highest BCUT2D eigenvalue weighted by atomic mass is 35.5. The largest absolute Gasteiger partial charge is 0.493 e. The minimum atomic E-state index is -4.46. The summed E-state index contributed by atoms with van der Waals surface area (Å²) in [7, 11) is 0. The maximum Gasteiger partial charge on any atom is 0.416 e. The van der Waals surface area contributed by atoms with Crippen LogP contribution in [0.1, 0.15) is 55.0 Å². The Kier molecular flexibility index (Phi) is 7.83. The number of ketones is 1. The number of nitrogens with zero attached hydrogens (tertiary/aromatic N) is 1. The molecule has 2 N–H and O–H groups in total. The number of nitrogens with one attached hydrogen (secondary N) is 1. The van der Waals surface area contributed by atoms with Gasteiger partial charge in [0.05, 0.1) is 16.8 Å². The number of hydrogen-bond acceptors (Lipinski definition) is 3. The van der Waals surface area contributed by atoms with Crippen molar-refractivity contribution in [1.82, 2.24) is 0 Å². The number of alkyl halides is 3. The van der Waals surface area contributed by atoms with Gasteiger partial charge in [0.1, 0.15) is 6.04 Å². The summed E-state index contributed by atoms with van der Waals surface area (Å²) >= 11 is 6.48. The van der Waals surface area contributed by atoms with Gasteiger partial charge in [0, 0.05) is 22.6 Å². The molecule has 0 spiro atoms. The molecule has 0 fully saturated rings. The van der Waals surface area contributed by atoms with Crippen LogP contribution in [0.3, 0.4) is 0 Å². The van der Waals surface area contributed by atoms with Gasteiger partial charge in [0.2, 0.25) is 5.90 Å². The van der Waals surface area contributed by atoms with Gasteiger partial charge in [-0.1, -0.05) is 49.4 Å². The molecule has 35 heavy (non-hydrogen) atoms. The highest BCUT2D eigenvalue weighted by Crippen LogP contribution is 2.40. The SMILES string of the molecule is C=C1C(c2ccc(C(F)(F)F)cc2)=C=C(C)C(O)=NC1c1cc(CCC(=N)C(=O)CC)ccc1Cl. The monoisotopic (exact) mass is 500 g/mol. The minimum Gasteiger partial charge on any atom is -0.493 e. The van der Waals surface area contributed by atoms with Crippen molar-refractivity contribution in [2.45, 2.75) is 45.3 Å². The van der Waals surface area contributed by atoms with Gasteiger partial charge in [-0.3, -0.25) is 4.79 Å². The Hall–Kier alpha value is -3.41. The van der Waals surface area contributed by atoms with Crippen molar-refractivity contribution in [3.63, 3.8) is 0 Å². The van der Waals surface area contributed by atoms with Gasteiger partial charge in [-0.15, -0.1) is 5.73 Å². The van der Waals surface area contributed by atoms with Crippen molar-refractivity contribution in [1.29, 1.82) is 5.41 Å². The molecule has 1 unspecified atom stereocenters. The lowest BCUT2D eigenvalue weighted by atomic mass is 9.89. The lowest BCUT2D eigenvalue weighted by Crippen LogP contribution is -2.12. The van der Waals surface area contributed by atoms with E-state index in [9.17, 15) is 23.1 Å². The van der Waals surface area contributed by atoms with E-state index in [0.29, 0.717) is 39.3 Å². The van der Waals surface area contributed by atoms with Gasteiger partial charge >= 0.3 is 6.18 Å². The minimum absolute atomic E-state index is 0.0471. The van der Waals surface area contributed by atoms with Crippen LogP contribution in [-0.2, 0) is 17.4 Å². The molecule has 0 aliphatic carbocycles. The third kappa shape index (κ3) is 5.99. The standard InChI is InChI=1S/C27H24ClF3N2O2/c1-4-24(34)23(32)12-6-17-5-11-22(28)21(14-17)25-16(3)20(13-15(2)26(35)33-25)18-7-9-19(10-8-18)27(29,30)31/h5,7-11,14,25,32H,3-4,6,12H2,1-2H3,(H,33,35). The first-order valence-corrected chi connectivity index (χ1v) is 11.3. The van der Waals surface area contributed by atoms with Crippen LogP contribution in [-0.4, -0.2) is 22.5 Å². The number of halogens is 4. The Balaban J connectivity index is 1.99. The fourth-order valence-corrected chi connectivity index (χ4v) is 3.90. The van der Waals surface area contributed by atoms with Crippen LogP contribution < -0.4 is 0 Å². The van der Waals surface area contributed by atoms with Crippen molar-refractivity contribution in [2.75, 3.05) is 0 Å². The molecule has 1 aliphatic rings. The second-order valence-electron chi connectivity index (χ2n) is 8.19. The maximum absolute atomic E-state index is 13.0. The van der Waals surface area contributed by atoms with Crippen LogP contribution in [0.2, 0.25) is 5.02 Å². The fraction of sp³-hybridized carbons (Fsp3) is 0.259. The molecule has 0 aromatic heterocycles. The molecule has 2 aromatic carbocycles. The van der Waals surface area contributed by atoms with Gasteiger partial charge in [0.25, 0.3) is 0 Å². The number of aliphatic hydroxyl groups excluding tert-OH is 1. The van der Waals surface area contributed by atoms with Gasteiger partial charge in [-0.25, -0.2) is 4.99 Å². The summed E-state index contributed by atoms with van der Waals surface area (Å²) in [6.07, 6.45) is -3.49. The average molecular weight is 501 g/mol. The quantitative estimate of drug-likeness (QED) is 0.305. The van der Waals surface area contributed by atoms with Gasteiger partial charge in [0.15, 0.2) is 5.78 Å². The molecule has 1 heterocycles. The molecule has 1 aliphatic heterocycles. The Labute approximate surface area is 206 Å². The molecule has 4 nitrogen and oxygen atoms in total. The van der Waals surface area contributed by atoms with E-state index in [1.54, 1.807) is 32.0 Å². The number of rotatable bonds is 7. The Bertz CT molecular complexity index is 1280. The molecular formula is C27H24ClF3N2O2. The Morgan fingerprint density at radius 2 is 1.89 bits per heavy atom. The van der Waals surface area contributed by atoms with E-state index in [4.69, 9.17) is 17.0 Å². The first kappa shape index (κ1) is 26.2. The summed E-state index contributed by atoms with van der Waals surface area (Å²) in [5, 5.41) is 18.7. The number of hydrogen-bond donors (Lipinski definition) is 2. The second-order valence-corrected chi connectivity index (χ2v) is 8.60. The average Bonchev–Trinajstić information content (AvgIpc) is 2.93. The van der Waals surface area contributed by atoms with Gasteiger partial charge in [-0.05, 0) is 54.7 Å². The van der Waals surface area contributed by atoms with Crippen LogP contribution >= 0.6 is 11.6 Å². The van der Waals surface area contributed by atoms with Crippen LogP contribution in [0.5, 0.6) is 0 Å². The smallest absolute Gasteiger partial charge is 0.416 e. The van der Waals surface area contributed by atoms with Crippen LogP contribution in [0.15, 0.2) is 70.9 Å². The molecule has 0 amide bonds. The number of benzene rings is 2.